The Balaban J connectivity index is 1.67. The number of carbonyl (C=O) groups excluding carboxylic acids is 1. The summed E-state index contributed by atoms with van der Waals surface area (Å²) in [5, 5.41) is 11.5. The van der Waals surface area contributed by atoms with Crippen LogP contribution in [0.5, 0.6) is 0 Å². The van der Waals surface area contributed by atoms with Crippen LogP contribution < -0.4 is 11.1 Å². The van der Waals surface area contributed by atoms with Crippen molar-refractivity contribution >= 4 is 27.5 Å². The molecule has 0 unspecified atom stereocenters. The van der Waals surface area contributed by atoms with Gasteiger partial charge in [-0.15, -0.1) is 0 Å². The van der Waals surface area contributed by atoms with E-state index in [1.165, 1.54) is 40.8 Å². The monoisotopic (exact) mass is 455 g/mol. The van der Waals surface area contributed by atoms with Crippen LogP contribution in [0.25, 0.3) is 0 Å². The number of guanidine groups is 1. The molecule has 2 aliphatic heterocycles. The maximum atomic E-state index is 14.9. The van der Waals surface area contributed by atoms with Gasteiger partial charge in [-0.05, 0) is 50.1 Å². The van der Waals surface area contributed by atoms with E-state index >= 15 is 0 Å². The maximum Gasteiger partial charge on any atom is 0.274 e. The van der Waals surface area contributed by atoms with Crippen LogP contribution in [-0.2, 0) is 15.5 Å². The quantitative estimate of drug-likeness (QED) is 0.732. The highest BCUT2D eigenvalue weighted by Gasteiger charge is 2.42. The Morgan fingerprint density at radius 1 is 1.34 bits per heavy atom. The lowest BCUT2D eigenvalue weighted by Gasteiger charge is -2.38. The van der Waals surface area contributed by atoms with Gasteiger partial charge in [-0.3, -0.25) is 9.10 Å². The number of carbonyl (C=O) groups is 1. The molecule has 11 heteroatoms. The van der Waals surface area contributed by atoms with Gasteiger partial charge in [0, 0.05) is 24.0 Å². The fourth-order valence-corrected chi connectivity index (χ4v) is 6.32. The first-order chi connectivity index (χ1) is 15.2. The molecule has 0 spiro atoms. The first kappa shape index (κ1) is 21.7. The van der Waals surface area contributed by atoms with Gasteiger partial charge in [0.1, 0.15) is 33.0 Å². The maximum absolute atomic E-state index is 14.9. The Morgan fingerprint density at radius 3 is 2.88 bits per heavy atom. The van der Waals surface area contributed by atoms with Crippen LogP contribution in [-0.4, -0.2) is 44.2 Å². The van der Waals surface area contributed by atoms with Crippen LogP contribution in [0.4, 0.5) is 10.1 Å². The second kappa shape index (κ2) is 8.20. The number of fused-ring (bicyclic) bond motifs is 1. The summed E-state index contributed by atoms with van der Waals surface area (Å²) in [6, 6.07) is 8.95. The van der Waals surface area contributed by atoms with Gasteiger partial charge in [-0.25, -0.2) is 22.9 Å². The number of hydrogen-bond acceptors (Lipinski definition) is 7. The SMILES string of the molecule is C[C@@]1(c2cc(NC(=O)c3ccc(C#N)cn3)ccc2F)C[S@]2(=O)=NCCCCN2C(N)=N1. The van der Waals surface area contributed by atoms with Gasteiger partial charge in [0.25, 0.3) is 5.91 Å². The Kier molecular flexibility index (Phi) is 5.56. The van der Waals surface area contributed by atoms with Crippen molar-refractivity contribution in [2.75, 3.05) is 24.2 Å². The minimum absolute atomic E-state index is 0.00774. The van der Waals surface area contributed by atoms with E-state index in [1.807, 2.05) is 6.07 Å². The molecule has 0 saturated carbocycles. The van der Waals surface area contributed by atoms with Crippen molar-refractivity contribution in [1.82, 2.24) is 9.29 Å². The summed E-state index contributed by atoms with van der Waals surface area (Å²) < 4.78 is 34.4. The second-order valence-corrected chi connectivity index (χ2v) is 10.1. The van der Waals surface area contributed by atoms with Gasteiger partial charge in [0.2, 0.25) is 5.96 Å². The van der Waals surface area contributed by atoms with E-state index in [0.29, 0.717) is 24.3 Å². The number of amides is 1. The number of pyridine rings is 1. The van der Waals surface area contributed by atoms with Crippen molar-refractivity contribution in [2.45, 2.75) is 25.3 Å². The zero-order valence-electron chi connectivity index (χ0n) is 17.4. The van der Waals surface area contributed by atoms with E-state index < -0.39 is 27.2 Å². The molecule has 1 amide bonds. The second-order valence-electron chi connectivity index (χ2n) is 7.85. The predicted molar refractivity (Wildman–Crippen MR) is 119 cm³/mol. The lowest BCUT2D eigenvalue weighted by Crippen LogP contribution is -2.52. The molecule has 2 atom stereocenters. The molecule has 9 nitrogen and oxygen atoms in total. The largest absolute Gasteiger partial charge is 0.369 e. The smallest absolute Gasteiger partial charge is 0.274 e. The Hall–Kier alpha value is -3.52. The number of nitrogens with two attached hydrogens (primary N) is 1. The lowest BCUT2D eigenvalue weighted by molar-refractivity contribution is 0.102. The first-order valence-corrected chi connectivity index (χ1v) is 11.7. The molecular formula is C21H22FN7O2S. The van der Waals surface area contributed by atoms with Gasteiger partial charge in [0.15, 0.2) is 0 Å². The molecule has 2 aliphatic rings. The fourth-order valence-electron chi connectivity index (χ4n) is 3.82. The zero-order chi connectivity index (χ0) is 22.9. The molecule has 0 fully saturated rings. The highest BCUT2D eigenvalue weighted by Crippen LogP contribution is 2.36. The van der Waals surface area contributed by atoms with Crippen molar-refractivity contribution in [2.24, 2.45) is 15.1 Å². The van der Waals surface area contributed by atoms with E-state index in [1.54, 1.807) is 6.92 Å². The standard InChI is InChI=1S/C21H22FN7O2S/c1-21(13-32(31)26-8-2-3-9-29(32)20(24)28-21)16-10-15(5-6-17(16)22)27-19(30)18-7-4-14(11-23)12-25-18/h4-7,10,12H,2-3,8-9,13H2,1H3,(H2,24,28)(H,27,30)/t21-,32-/m0/s1. The third-order valence-corrected chi connectivity index (χ3v) is 8.00. The average molecular weight is 456 g/mol. The first-order valence-electron chi connectivity index (χ1n) is 10.1. The Bertz CT molecular complexity index is 1260. The molecule has 3 heterocycles. The van der Waals surface area contributed by atoms with Gasteiger partial charge in [0.05, 0.1) is 17.9 Å². The van der Waals surface area contributed by atoms with Crippen LogP contribution in [0.3, 0.4) is 0 Å². The van der Waals surface area contributed by atoms with Crippen molar-refractivity contribution in [3.05, 3.63) is 59.2 Å². The third-order valence-electron chi connectivity index (χ3n) is 5.42. The number of aliphatic imine (C=N–C) groups is 1. The van der Waals surface area contributed by atoms with Crippen LogP contribution in [0.1, 0.15) is 41.4 Å². The summed E-state index contributed by atoms with van der Waals surface area (Å²) in [5.41, 5.74) is 5.84. The van der Waals surface area contributed by atoms with E-state index in [0.717, 1.165) is 12.8 Å². The number of nitrogens with zero attached hydrogens (tertiary/aromatic N) is 5. The number of nitrogens with one attached hydrogen (secondary N) is 1. The van der Waals surface area contributed by atoms with E-state index in [2.05, 4.69) is 19.7 Å². The summed E-state index contributed by atoms with van der Waals surface area (Å²) >= 11 is 0. The molecule has 0 radical (unpaired) electrons. The topological polar surface area (TPSA) is 137 Å². The average Bonchev–Trinajstić information content (AvgIpc) is 2.96. The molecule has 2 aromatic rings. The molecule has 0 bridgehead atoms. The summed E-state index contributed by atoms with van der Waals surface area (Å²) in [5.74, 6) is -1.000. The minimum Gasteiger partial charge on any atom is -0.369 e. The third kappa shape index (κ3) is 4.01. The molecular weight excluding hydrogens is 433 g/mol. The molecule has 3 N–H and O–H groups in total. The van der Waals surface area contributed by atoms with Crippen LogP contribution in [0, 0.1) is 17.1 Å². The van der Waals surface area contributed by atoms with E-state index in [-0.39, 0.29) is 23.0 Å². The van der Waals surface area contributed by atoms with Crippen molar-refractivity contribution in [3.8, 4) is 6.07 Å². The highest BCUT2D eigenvalue weighted by atomic mass is 32.2. The van der Waals surface area contributed by atoms with E-state index in [4.69, 9.17) is 11.0 Å². The van der Waals surface area contributed by atoms with Crippen LogP contribution in [0.15, 0.2) is 45.9 Å². The molecule has 32 heavy (non-hydrogen) atoms. The number of anilines is 1. The zero-order valence-corrected chi connectivity index (χ0v) is 18.2. The van der Waals surface area contributed by atoms with Gasteiger partial charge < -0.3 is 11.1 Å². The number of hydrogen-bond donors (Lipinski definition) is 2. The number of halogens is 1. The summed E-state index contributed by atoms with van der Waals surface area (Å²) in [6.45, 7) is 2.61. The number of nitriles is 1. The van der Waals surface area contributed by atoms with Crippen molar-refractivity contribution in [1.29, 1.82) is 5.26 Å². The van der Waals surface area contributed by atoms with Crippen LogP contribution in [0.2, 0.25) is 0 Å². The van der Waals surface area contributed by atoms with Gasteiger partial charge in [-0.2, -0.15) is 5.26 Å². The predicted octanol–water partition coefficient (Wildman–Crippen LogP) is 2.37. The molecule has 1 aromatic heterocycles. The summed E-state index contributed by atoms with van der Waals surface area (Å²) in [4.78, 5) is 21.0. The number of rotatable bonds is 3. The number of benzene rings is 1. The Labute approximate surface area is 185 Å². The normalized spacial score (nSPS) is 24.9. The molecule has 1 aromatic carbocycles. The molecule has 0 aliphatic carbocycles. The van der Waals surface area contributed by atoms with Gasteiger partial charge >= 0.3 is 0 Å². The fraction of sp³-hybridized carbons (Fsp3) is 0.333. The summed E-state index contributed by atoms with van der Waals surface area (Å²) in [6.07, 6.45) is 2.90. The van der Waals surface area contributed by atoms with Crippen molar-refractivity contribution in [3.63, 3.8) is 0 Å². The molecule has 4 rings (SSSR count). The van der Waals surface area contributed by atoms with Crippen LogP contribution >= 0.6 is 0 Å². The highest BCUT2D eigenvalue weighted by molar-refractivity contribution is 7.92. The molecule has 0 saturated heterocycles. The van der Waals surface area contributed by atoms with Gasteiger partial charge in [-0.1, -0.05) is 0 Å². The molecule has 166 valence electrons. The van der Waals surface area contributed by atoms with Crippen molar-refractivity contribution < 1.29 is 13.4 Å². The lowest BCUT2D eigenvalue weighted by atomic mass is 9.93. The minimum atomic E-state index is -2.86. The Morgan fingerprint density at radius 2 is 2.16 bits per heavy atom. The van der Waals surface area contributed by atoms with E-state index in [9.17, 15) is 13.4 Å². The number of aromatic nitrogens is 1. The summed E-state index contributed by atoms with van der Waals surface area (Å²) in [7, 11) is -2.86.